The van der Waals surface area contributed by atoms with Crippen molar-refractivity contribution < 1.29 is 14.6 Å². The van der Waals surface area contributed by atoms with Gasteiger partial charge in [-0.05, 0) is 66.4 Å². The molecule has 168 valence electrons. The minimum Gasteiger partial charge on any atom is -0.503 e. The first-order valence-electron chi connectivity index (χ1n) is 11.0. The lowest BCUT2D eigenvalue weighted by molar-refractivity contribution is -0.124. The summed E-state index contributed by atoms with van der Waals surface area (Å²) >= 11 is 7.55. The van der Waals surface area contributed by atoms with Crippen LogP contribution in [0.2, 0.25) is 5.02 Å². The molecule has 0 atom stereocenters. The van der Waals surface area contributed by atoms with Crippen molar-refractivity contribution in [2.24, 2.45) is 4.99 Å². The molecular weight excluding hydrogens is 444 g/mol. The quantitative estimate of drug-likeness (QED) is 0.503. The van der Waals surface area contributed by atoms with Crippen molar-refractivity contribution in [3.05, 3.63) is 57.5 Å². The number of phenolic OH excluding ortho intramolecular Hbond substituents is 1. The van der Waals surface area contributed by atoms with Crippen molar-refractivity contribution in [1.29, 1.82) is 0 Å². The Morgan fingerprint density at radius 1 is 1.25 bits per heavy atom. The third kappa shape index (κ3) is 4.66. The van der Waals surface area contributed by atoms with E-state index in [1.165, 1.54) is 25.3 Å². The molecule has 0 unspecified atom stereocenters. The molecule has 0 radical (unpaired) electrons. The van der Waals surface area contributed by atoms with E-state index < -0.39 is 0 Å². The molecule has 2 aliphatic rings. The number of nitrogens with zero attached hydrogens (tertiary/aromatic N) is 2. The van der Waals surface area contributed by atoms with Crippen molar-refractivity contribution >= 4 is 46.2 Å². The number of aliphatic imine (C=N–C) groups is 1. The van der Waals surface area contributed by atoms with Gasteiger partial charge in [0.15, 0.2) is 16.7 Å². The second-order valence-electron chi connectivity index (χ2n) is 8.01. The number of amidine groups is 1. The number of hydrogen-bond donors (Lipinski definition) is 1. The van der Waals surface area contributed by atoms with Gasteiger partial charge in [0, 0.05) is 6.04 Å². The first-order valence-corrected chi connectivity index (χ1v) is 12.2. The summed E-state index contributed by atoms with van der Waals surface area (Å²) in [5.74, 6) is 0.136. The number of ether oxygens (including phenoxy) is 1. The third-order valence-electron chi connectivity index (χ3n) is 5.93. The second kappa shape index (κ2) is 10.0. The fraction of sp³-hybridized carbons (Fsp3) is 0.360. The lowest BCUT2D eigenvalue weighted by Crippen LogP contribution is -2.40. The highest BCUT2D eigenvalue weighted by atomic mass is 35.5. The number of benzene rings is 2. The Hall–Kier alpha value is -2.44. The molecule has 32 heavy (non-hydrogen) atoms. The standard InChI is InChI=1S/C25H27ClN2O3S/c1-3-17-9-7-8-12-20(17)27-25-28(18-10-5-4-6-11-18)24(30)22(32-25)15-16-13-19(26)23(29)21(14-16)31-2/h7-9,12-15,18,29H,3-6,10-11H2,1-2H3/b22-15+,27-25?. The number of amides is 1. The topological polar surface area (TPSA) is 62.1 Å². The normalized spacial score (nSPS) is 19.8. The Bertz CT molecular complexity index is 1080. The smallest absolute Gasteiger partial charge is 0.267 e. The molecule has 0 aromatic heterocycles. The van der Waals surface area contributed by atoms with Gasteiger partial charge in [0.2, 0.25) is 0 Å². The zero-order chi connectivity index (χ0) is 22.7. The number of aryl methyl sites for hydroxylation is 1. The largest absolute Gasteiger partial charge is 0.503 e. The van der Waals surface area contributed by atoms with E-state index in [9.17, 15) is 9.90 Å². The second-order valence-corrected chi connectivity index (χ2v) is 9.42. The predicted octanol–water partition coefficient (Wildman–Crippen LogP) is 6.55. The van der Waals surface area contributed by atoms with E-state index in [4.69, 9.17) is 21.3 Å². The summed E-state index contributed by atoms with van der Waals surface area (Å²) in [7, 11) is 1.47. The summed E-state index contributed by atoms with van der Waals surface area (Å²) in [4.78, 5) is 20.9. The Labute approximate surface area is 198 Å². The molecule has 1 amide bonds. The summed E-state index contributed by atoms with van der Waals surface area (Å²) in [6.45, 7) is 2.11. The molecule has 5 nitrogen and oxygen atoms in total. The van der Waals surface area contributed by atoms with Crippen LogP contribution in [-0.4, -0.2) is 34.2 Å². The maximum absolute atomic E-state index is 13.5. The molecule has 0 bridgehead atoms. The molecule has 1 saturated heterocycles. The molecular formula is C25H27ClN2O3S. The van der Waals surface area contributed by atoms with Gasteiger partial charge in [0.25, 0.3) is 5.91 Å². The third-order valence-corrected chi connectivity index (χ3v) is 7.20. The summed E-state index contributed by atoms with van der Waals surface area (Å²) in [6.07, 6.45) is 8.13. The average molecular weight is 471 g/mol. The van der Waals surface area contributed by atoms with E-state index in [0.29, 0.717) is 10.5 Å². The molecule has 2 fully saturated rings. The number of halogens is 1. The number of aromatic hydroxyl groups is 1. The maximum Gasteiger partial charge on any atom is 0.267 e. The SMILES string of the molecule is CCc1ccccc1N=C1S/C(=C/c2cc(Cl)c(O)c(OC)c2)C(=O)N1C1CCCCC1. The van der Waals surface area contributed by atoms with Crippen molar-refractivity contribution in [2.75, 3.05) is 7.11 Å². The number of rotatable bonds is 5. The predicted molar refractivity (Wildman–Crippen MR) is 132 cm³/mol. The van der Waals surface area contributed by atoms with Gasteiger partial charge < -0.3 is 9.84 Å². The monoisotopic (exact) mass is 470 g/mol. The van der Waals surface area contributed by atoms with E-state index in [0.717, 1.165) is 48.5 Å². The van der Waals surface area contributed by atoms with Gasteiger partial charge in [-0.25, -0.2) is 4.99 Å². The number of hydrogen-bond acceptors (Lipinski definition) is 5. The van der Waals surface area contributed by atoms with Gasteiger partial charge in [-0.1, -0.05) is 56.0 Å². The number of carbonyl (C=O) groups is 1. The summed E-state index contributed by atoms with van der Waals surface area (Å²) in [5, 5.41) is 10.9. The van der Waals surface area contributed by atoms with Gasteiger partial charge >= 0.3 is 0 Å². The first kappa shape index (κ1) is 22.7. The van der Waals surface area contributed by atoms with Gasteiger partial charge in [-0.3, -0.25) is 9.69 Å². The van der Waals surface area contributed by atoms with Crippen molar-refractivity contribution in [3.8, 4) is 11.5 Å². The van der Waals surface area contributed by atoms with Crippen LogP contribution in [0.25, 0.3) is 6.08 Å². The highest BCUT2D eigenvalue weighted by Crippen LogP contribution is 2.41. The van der Waals surface area contributed by atoms with Crippen LogP contribution < -0.4 is 4.74 Å². The number of carbonyl (C=O) groups excluding carboxylic acids is 1. The molecule has 7 heteroatoms. The first-order chi connectivity index (χ1) is 15.5. The van der Waals surface area contributed by atoms with Gasteiger partial charge in [-0.2, -0.15) is 0 Å². The number of para-hydroxylation sites is 1. The summed E-state index contributed by atoms with van der Waals surface area (Å²) in [5.41, 5.74) is 2.75. The van der Waals surface area contributed by atoms with Crippen molar-refractivity contribution in [1.82, 2.24) is 4.90 Å². The van der Waals surface area contributed by atoms with Crippen molar-refractivity contribution in [2.45, 2.75) is 51.5 Å². The lowest BCUT2D eigenvalue weighted by Gasteiger charge is -2.30. The van der Waals surface area contributed by atoms with Gasteiger partial charge in [-0.15, -0.1) is 0 Å². The van der Waals surface area contributed by atoms with Crippen LogP contribution in [0, 0.1) is 0 Å². The van der Waals surface area contributed by atoms with Gasteiger partial charge in [0.1, 0.15) is 0 Å². The summed E-state index contributed by atoms with van der Waals surface area (Å²) in [6, 6.07) is 11.5. The molecule has 0 spiro atoms. The average Bonchev–Trinajstić information content (AvgIpc) is 3.11. The molecule has 1 aliphatic carbocycles. The lowest BCUT2D eigenvalue weighted by atomic mass is 9.94. The molecule has 1 aliphatic heterocycles. The number of phenols is 1. The number of methoxy groups -OCH3 is 1. The molecule has 1 heterocycles. The zero-order valence-corrected chi connectivity index (χ0v) is 19.9. The minimum atomic E-state index is -0.107. The van der Waals surface area contributed by atoms with E-state index in [2.05, 4.69) is 13.0 Å². The van der Waals surface area contributed by atoms with Gasteiger partial charge in [0.05, 0.1) is 22.7 Å². The van der Waals surface area contributed by atoms with Crippen LogP contribution in [0.3, 0.4) is 0 Å². The Balaban J connectivity index is 1.75. The van der Waals surface area contributed by atoms with Crippen LogP contribution in [0.5, 0.6) is 11.5 Å². The van der Waals surface area contributed by atoms with E-state index in [1.54, 1.807) is 18.2 Å². The molecule has 4 rings (SSSR count). The van der Waals surface area contributed by atoms with Crippen molar-refractivity contribution in [3.63, 3.8) is 0 Å². The van der Waals surface area contributed by atoms with E-state index in [-0.39, 0.29) is 28.5 Å². The minimum absolute atomic E-state index is 0.0298. The fourth-order valence-electron chi connectivity index (χ4n) is 4.23. The molecule has 2 aromatic carbocycles. The van der Waals surface area contributed by atoms with Crippen LogP contribution in [-0.2, 0) is 11.2 Å². The Morgan fingerprint density at radius 3 is 2.72 bits per heavy atom. The fourth-order valence-corrected chi connectivity index (χ4v) is 5.50. The Morgan fingerprint density at radius 2 is 2.00 bits per heavy atom. The number of thioether (sulfide) groups is 1. The molecule has 1 saturated carbocycles. The summed E-state index contributed by atoms with van der Waals surface area (Å²) < 4.78 is 5.21. The maximum atomic E-state index is 13.5. The van der Waals surface area contributed by atoms with Crippen LogP contribution in [0.4, 0.5) is 5.69 Å². The Kier molecular flexibility index (Phi) is 7.11. The molecule has 2 aromatic rings. The van der Waals surface area contributed by atoms with Crippen LogP contribution in [0.15, 0.2) is 46.3 Å². The van der Waals surface area contributed by atoms with E-state index in [1.807, 2.05) is 23.1 Å². The highest BCUT2D eigenvalue weighted by molar-refractivity contribution is 8.18. The zero-order valence-electron chi connectivity index (χ0n) is 18.3. The van der Waals surface area contributed by atoms with Crippen LogP contribution >= 0.6 is 23.4 Å². The highest BCUT2D eigenvalue weighted by Gasteiger charge is 2.38. The molecule has 1 N–H and O–H groups in total. The van der Waals surface area contributed by atoms with E-state index >= 15 is 0 Å². The van der Waals surface area contributed by atoms with Crippen LogP contribution in [0.1, 0.15) is 50.2 Å².